The number of rotatable bonds is 3. The Kier molecular flexibility index (Phi) is 4.36. The van der Waals surface area contributed by atoms with Crippen molar-refractivity contribution >= 4 is 27.6 Å². The van der Waals surface area contributed by atoms with Crippen molar-refractivity contribution in [1.29, 1.82) is 0 Å². The van der Waals surface area contributed by atoms with Gasteiger partial charge in [-0.15, -0.1) is 0 Å². The Morgan fingerprint density at radius 1 is 1.40 bits per heavy atom. The number of hydrogen-bond acceptors (Lipinski definition) is 3. The molecule has 1 aliphatic heterocycles. The molecule has 1 atom stereocenters. The maximum atomic E-state index is 12.7. The first-order valence-electron chi connectivity index (χ1n) is 6.35. The second kappa shape index (κ2) is 5.71. The van der Waals surface area contributed by atoms with Crippen molar-refractivity contribution in [1.82, 2.24) is 4.31 Å². The summed E-state index contributed by atoms with van der Waals surface area (Å²) >= 11 is 6.07. The smallest absolute Gasteiger partial charge is 0.322 e. The fraction of sp³-hybridized carbons (Fsp3) is 0.462. The second-order valence-electron chi connectivity index (χ2n) is 4.85. The molecule has 2 rings (SSSR count). The average molecular weight is 318 g/mol. The minimum Gasteiger partial charge on any atom is -0.480 e. The molecule has 110 valence electrons. The lowest BCUT2D eigenvalue weighted by atomic mass is 10.1. The van der Waals surface area contributed by atoms with Crippen LogP contribution < -0.4 is 0 Å². The number of carboxylic acids is 1. The number of aliphatic carboxylic acids is 1. The van der Waals surface area contributed by atoms with Gasteiger partial charge in [0, 0.05) is 6.54 Å². The molecule has 0 radical (unpaired) electrons. The summed E-state index contributed by atoms with van der Waals surface area (Å²) in [5, 5.41) is 9.36. The van der Waals surface area contributed by atoms with Crippen LogP contribution in [0.2, 0.25) is 5.02 Å². The molecule has 0 saturated carbocycles. The number of sulfonamides is 1. The lowest BCUT2D eigenvalue weighted by Crippen LogP contribution is -2.47. The molecule has 1 aromatic carbocycles. The summed E-state index contributed by atoms with van der Waals surface area (Å²) in [5.74, 6) is -1.11. The van der Waals surface area contributed by atoms with Gasteiger partial charge < -0.3 is 5.11 Å². The molecular weight excluding hydrogens is 302 g/mol. The first kappa shape index (κ1) is 15.3. The van der Waals surface area contributed by atoms with Crippen LogP contribution in [0.25, 0.3) is 0 Å². The van der Waals surface area contributed by atoms with E-state index in [4.69, 9.17) is 11.6 Å². The van der Waals surface area contributed by atoms with E-state index in [1.807, 2.05) is 0 Å². The van der Waals surface area contributed by atoms with Crippen LogP contribution in [0.3, 0.4) is 0 Å². The van der Waals surface area contributed by atoms with Crippen molar-refractivity contribution in [3.63, 3.8) is 0 Å². The van der Waals surface area contributed by atoms with Crippen LogP contribution in [0.1, 0.15) is 24.8 Å². The molecule has 1 aliphatic rings. The number of piperidine rings is 1. The standard InChI is InChI=1S/C13H16ClNO4S/c1-9-5-4-7-11(12(9)14)20(18,19)15-8-3-2-6-10(15)13(16)17/h4-5,7,10H,2-3,6,8H2,1H3,(H,16,17). The third kappa shape index (κ3) is 2.68. The SMILES string of the molecule is Cc1cccc(S(=O)(=O)N2CCCCC2C(=O)O)c1Cl. The predicted molar refractivity (Wildman–Crippen MR) is 75.4 cm³/mol. The molecule has 1 saturated heterocycles. The van der Waals surface area contributed by atoms with Crippen molar-refractivity contribution in [2.24, 2.45) is 0 Å². The van der Waals surface area contributed by atoms with Crippen LogP contribution in [0.15, 0.2) is 23.1 Å². The Hall–Kier alpha value is -1.11. The van der Waals surface area contributed by atoms with Crippen molar-refractivity contribution < 1.29 is 18.3 Å². The summed E-state index contributed by atoms with van der Waals surface area (Å²) in [5.41, 5.74) is 0.650. The summed E-state index contributed by atoms with van der Waals surface area (Å²) in [4.78, 5) is 11.2. The molecule has 0 spiro atoms. The maximum absolute atomic E-state index is 12.7. The monoisotopic (exact) mass is 317 g/mol. The highest BCUT2D eigenvalue weighted by Crippen LogP contribution is 2.31. The van der Waals surface area contributed by atoms with Crippen molar-refractivity contribution in [3.05, 3.63) is 28.8 Å². The molecule has 1 aromatic rings. The molecule has 0 aliphatic carbocycles. The zero-order valence-electron chi connectivity index (χ0n) is 11.0. The Morgan fingerprint density at radius 3 is 2.75 bits per heavy atom. The van der Waals surface area contributed by atoms with E-state index in [2.05, 4.69) is 0 Å². The summed E-state index contributed by atoms with van der Waals surface area (Å²) in [6, 6.07) is 3.73. The second-order valence-corrected chi connectivity index (χ2v) is 7.09. The van der Waals surface area contributed by atoms with E-state index >= 15 is 0 Å². The molecule has 0 aromatic heterocycles. The molecule has 1 N–H and O–H groups in total. The van der Waals surface area contributed by atoms with Gasteiger partial charge >= 0.3 is 5.97 Å². The lowest BCUT2D eigenvalue weighted by molar-refractivity contribution is -0.142. The molecule has 0 bridgehead atoms. The van der Waals surface area contributed by atoms with E-state index in [1.165, 1.54) is 6.07 Å². The Bertz CT molecular complexity index is 629. The largest absolute Gasteiger partial charge is 0.480 e. The molecule has 1 unspecified atom stereocenters. The van der Waals surface area contributed by atoms with Crippen LogP contribution >= 0.6 is 11.6 Å². The fourth-order valence-corrected chi connectivity index (χ4v) is 4.59. The van der Waals surface area contributed by atoms with E-state index in [0.29, 0.717) is 24.8 Å². The van der Waals surface area contributed by atoms with Crippen molar-refractivity contribution in [2.75, 3.05) is 6.54 Å². The normalized spacial score (nSPS) is 20.8. The van der Waals surface area contributed by atoms with Gasteiger partial charge in [-0.25, -0.2) is 8.42 Å². The number of nitrogens with zero attached hydrogens (tertiary/aromatic N) is 1. The lowest BCUT2D eigenvalue weighted by Gasteiger charge is -2.32. The summed E-state index contributed by atoms with van der Waals surface area (Å²) in [6.07, 6.45) is 1.70. The van der Waals surface area contributed by atoms with Crippen molar-refractivity contribution in [2.45, 2.75) is 37.1 Å². The van der Waals surface area contributed by atoms with Gasteiger partial charge in [0.1, 0.15) is 10.9 Å². The van der Waals surface area contributed by atoms with E-state index in [0.717, 1.165) is 4.31 Å². The number of carboxylic acid groups (broad SMARTS) is 1. The van der Waals surface area contributed by atoms with Crippen LogP contribution in [0.4, 0.5) is 0 Å². The van der Waals surface area contributed by atoms with Gasteiger partial charge in [-0.3, -0.25) is 4.79 Å². The number of halogens is 1. The van der Waals surface area contributed by atoms with Crippen LogP contribution in [0, 0.1) is 6.92 Å². The van der Waals surface area contributed by atoms with Gasteiger partial charge in [-0.1, -0.05) is 23.7 Å². The quantitative estimate of drug-likeness (QED) is 0.928. The Labute approximate surface area is 123 Å². The van der Waals surface area contributed by atoms with E-state index < -0.39 is 22.0 Å². The summed E-state index contributed by atoms with van der Waals surface area (Å²) in [7, 11) is -3.89. The first-order chi connectivity index (χ1) is 9.35. The molecule has 5 nitrogen and oxygen atoms in total. The highest BCUT2D eigenvalue weighted by Gasteiger charge is 2.38. The summed E-state index contributed by atoms with van der Waals surface area (Å²) in [6.45, 7) is 1.93. The molecule has 0 amide bonds. The summed E-state index contributed by atoms with van der Waals surface area (Å²) < 4.78 is 26.4. The molecule has 20 heavy (non-hydrogen) atoms. The first-order valence-corrected chi connectivity index (χ1v) is 8.17. The predicted octanol–water partition coefficient (Wildman–Crippen LogP) is 2.28. The topological polar surface area (TPSA) is 74.7 Å². The molecule has 1 fully saturated rings. The highest BCUT2D eigenvalue weighted by molar-refractivity contribution is 7.89. The zero-order valence-corrected chi connectivity index (χ0v) is 12.6. The number of carbonyl (C=O) groups is 1. The minimum absolute atomic E-state index is 0.0210. The van der Waals surface area contributed by atoms with E-state index in [9.17, 15) is 18.3 Å². The number of benzene rings is 1. The molecule has 7 heteroatoms. The molecule has 1 heterocycles. The highest BCUT2D eigenvalue weighted by atomic mass is 35.5. The van der Waals surface area contributed by atoms with Crippen molar-refractivity contribution in [3.8, 4) is 0 Å². The zero-order chi connectivity index (χ0) is 14.9. The van der Waals surface area contributed by atoms with Crippen LogP contribution in [0.5, 0.6) is 0 Å². The van der Waals surface area contributed by atoms with Crippen LogP contribution in [-0.2, 0) is 14.8 Å². The van der Waals surface area contributed by atoms with Gasteiger partial charge in [0.2, 0.25) is 10.0 Å². The minimum atomic E-state index is -3.89. The number of aryl methyl sites for hydroxylation is 1. The third-order valence-corrected chi connectivity index (χ3v) is 6.05. The van der Waals surface area contributed by atoms with Gasteiger partial charge in [0.05, 0.1) is 5.02 Å². The van der Waals surface area contributed by atoms with Gasteiger partial charge in [0.15, 0.2) is 0 Å². The van der Waals surface area contributed by atoms with E-state index in [-0.39, 0.29) is 16.5 Å². The van der Waals surface area contributed by atoms with Gasteiger partial charge in [-0.05, 0) is 37.8 Å². The molecular formula is C13H16ClNO4S. The Morgan fingerprint density at radius 2 is 2.10 bits per heavy atom. The van der Waals surface area contributed by atoms with E-state index in [1.54, 1.807) is 19.1 Å². The third-order valence-electron chi connectivity index (χ3n) is 3.48. The maximum Gasteiger partial charge on any atom is 0.322 e. The van der Waals surface area contributed by atoms with Gasteiger partial charge in [0.25, 0.3) is 0 Å². The Balaban J connectivity index is 2.48. The van der Waals surface area contributed by atoms with Crippen LogP contribution in [-0.4, -0.2) is 36.4 Å². The number of hydrogen-bond donors (Lipinski definition) is 1. The fourth-order valence-electron chi connectivity index (χ4n) is 2.39. The average Bonchev–Trinajstić information content (AvgIpc) is 2.41. The van der Waals surface area contributed by atoms with Gasteiger partial charge in [-0.2, -0.15) is 4.31 Å².